The number of pyridine rings is 1. The van der Waals surface area contributed by atoms with Gasteiger partial charge in [-0.1, -0.05) is 24.6 Å². The zero-order valence-electron chi connectivity index (χ0n) is 11.0. The van der Waals surface area contributed by atoms with Crippen molar-refractivity contribution in [3.63, 3.8) is 0 Å². The predicted octanol–water partition coefficient (Wildman–Crippen LogP) is 2.55. The first-order valence-electron chi connectivity index (χ1n) is 6.14. The molecule has 18 heavy (non-hydrogen) atoms. The van der Waals surface area contributed by atoms with Crippen LogP contribution in [0, 0.1) is 13.8 Å². The van der Waals surface area contributed by atoms with Crippen LogP contribution in [-0.2, 0) is 0 Å². The Hall–Kier alpha value is -1.75. The van der Waals surface area contributed by atoms with Gasteiger partial charge in [-0.2, -0.15) is 4.98 Å². The molecule has 2 aromatic heterocycles. The van der Waals surface area contributed by atoms with Gasteiger partial charge in [0.25, 0.3) is 0 Å². The molecule has 2 aromatic rings. The Labute approximate surface area is 106 Å². The highest BCUT2D eigenvalue weighted by molar-refractivity contribution is 5.54. The lowest BCUT2D eigenvalue weighted by Crippen LogP contribution is -2.09. The Kier molecular flexibility index (Phi) is 3.72. The summed E-state index contributed by atoms with van der Waals surface area (Å²) in [5, 5.41) is 3.95. The molecule has 0 radical (unpaired) electrons. The van der Waals surface area contributed by atoms with Crippen molar-refractivity contribution < 1.29 is 4.52 Å². The summed E-state index contributed by atoms with van der Waals surface area (Å²) < 4.78 is 5.19. The lowest BCUT2D eigenvalue weighted by Gasteiger charge is -2.02. The second-order valence-corrected chi connectivity index (χ2v) is 4.53. The number of hydrogen-bond acceptors (Lipinski definition) is 5. The summed E-state index contributed by atoms with van der Waals surface area (Å²) in [4.78, 5) is 8.67. The van der Waals surface area contributed by atoms with Crippen molar-refractivity contribution >= 4 is 0 Å². The second kappa shape index (κ2) is 5.27. The van der Waals surface area contributed by atoms with Crippen LogP contribution in [0.15, 0.2) is 16.8 Å². The highest BCUT2D eigenvalue weighted by atomic mass is 16.5. The maximum atomic E-state index is 5.94. The zero-order valence-corrected chi connectivity index (χ0v) is 11.0. The van der Waals surface area contributed by atoms with Crippen LogP contribution < -0.4 is 5.73 Å². The molecule has 0 aliphatic carbocycles. The molecule has 5 nitrogen and oxygen atoms in total. The minimum absolute atomic E-state index is 0.193. The molecular formula is C13H18N4O. The fourth-order valence-electron chi connectivity index (χ4n) is 1.87. The number of hydrogen-bond donors (Lipinski definition) is 1. The molecule has 0 saturated heterocycles. The Bertz CT molecular complexity index is 536. The Morgan fingerprint density at radius 1 is 1.39 bits per heavy atom. The monoisotopic (exact) mass is 246 g/mol. The van der Waals surface area contributed by atoms with Crippen LogP contribution >= 0.6 is 0 Å². The van der Waals surface area contributed by atoms with Crippen LogP contribution in [-0.4, -0.2) is 15.1 Å². The molecule has 0 aromatic carbocycles. The van der Waals surface area contributed by atoms with Crippen molar-refractivity contribution in [1.29, 1.82) is 0 Å². The van der Waals surface area contributed by atoms with E-state index in [9.17, 15) is 0 Å². The van der Waals surface area contributed by atoms with Crippen LogP contribution in [0.3, 0.4) is 0 Å². The Morgan fingerprint density at radius 3 is 2.83 bits per heavy atom. The maximum Gasteiger partial charge on any atom is 0.243 e. The number of nitrogens with zero attached hydrogens (tertiary/aromatic N) is 3. The summed E-state index contributed by atoms with van der Waals surface area (Å²) in [6.07, 6.45) is 3.62. The van der Waals surface area contributed by atoms with E-state index in [1.165, 1.54) is 0 Å². The summed E-state index contributed by atoms with van der Waals surface area (Å²) in [5.41, 5.74) is 8.84. The van der Waals surface area contributed by atoms with Crippen molar-refractivity contribution in [1.82, 2.24) is 15.1 Å². The molecule has 0 spiro atoms. The van der Waals surface area contributed by atoms with E-state index in [0.29, 0.717) is 11.7 Å². The van der Waals surface area contributed by atoms with Gasteiger partial charge in [0.15, 0.2) is 0 Å². The van der Waals surface area contributed by atoms with E-state index in [1.54, 1.807) is 6.20 Å². The van der Waals surface area contributed by atoms with Crippen molar-refractivity contribution in [3.05, 3.63) is 29.3 Å². The molecule has 0 bridgehead atoms. The van der Waals surface area contributed by atoms with Crippen molar-refractivity contribution in [2.75, 3.05) is 0 Å². The highest BCUT2D eigenvalue weighted by Gasteiger charge is 2.16. The first-order chi connectivity index (χ1) is 8.61. The molecule has 2 heterocycles. The SMILES string of the molecule is CCC[C@@H](N)c1nc(-c2ncc(C)cc2C)no1. The largest absolute Gasteiger partial charge is 0.337 e. The van der Waals surface area contributed by atoms with E-state index in [1.807, 2.05) is 19.9 Å². The van der Waals surface area contributed by atoms with Gasteiger partial charge in [-0.25, -0.2) is 0 Å². The second-order valence-electron chi connectivity index (χ2n) is 4.53. The molecule has 96 valence electrons. The van der Waals surface area contributed by atoms with Gasteiger partial charge in [0, 0.05) is 6.20 Å². The fourth-order valence-corrected chi connectivity index (χ4v) is 1.87. The number of rotatable bonds is 4. The lowest BCUT2D eigenvalue weighted by atomic mass is 10.1. The highest BCUT2D eigenvalue weighted by Crippen LogP contribution is 2.21. The van der Waals surface area contributed by atoms with Gasteiger partial charge in [0.2, 0.25) is 11.7 Å². The van der Waals surface area contributed by atoms with Gasteiger partial charge in [-0.05, 0) is 31.4 Å². The lowest BCUT2D eigenvalue weighted by molar-refractivity contribution is 0.348. The molecule has 1 atom stereocenters. The van der Waals surface area contributed by atoms with Gasteiger partial charge in [-0.3, -0.25) is 4.98 Å². The van der Waals surface area contributed by atoms with E-state index in [4.69, 9.17) is 10.3 Å². The predicted molar refractivity (Wildman–Crippen MR) is 68.8 cm³/mol. The van der Waals surface area contributed by atoms with Gasteiger partial charge in [0.1, 0.15) is 5.69 Å². The molecule has 0 unspecified atom stereocenters. The average Bonchev–Trinajstić information content (AvgIpc) is 2.78. The molecule has 0 saturated carbocycles. The smallest absolute Gasteiger partial charge is 0.243 e. The van der Waals surface area contributed by atoms with Gasteiger partial charge in [-0.15, -0.1) is 0 Å². The van der Waals surface area contributed by atoms with Crippen molar-refractivity contribution in [3.8, 4) is 11.5 Å². The van der Waals surface area contributed by atoms with E-state index >= 15 is 0 Å². The summed E-state index contributed by atoms with van der Waals surface area (Å²) in [6, 6.07) is 1.85. The topological polar surface area (TPSA) is 77.8 Å². The van der Waals surface area contributed by atoms with Crippen LogP contribution in [0.5, 0.6) is 0 Å². The van der Waals surface area contributed by atoms with Crippen LogP contribution in [0.25, 0.3) is 11.5 Å². The molecule has 0 aliphatic rings. The third-order valence-corrected chi connectivity index (χ3v) is 2.79. The average molecular weight is 246 g/mol. The van der Waals surface area contributed by atoms with E-state index in [0.717, 1.165) is 29.7 Å². The first-order valence-corrected chi connectivity index (χ1v) is 6.14. The van der Waals surface area contributed by atoms with Crippen LogP contribution in [0.4, 0.5) is 0 Å². The van der Waals surface area contributed by atoms with E-state index in [2.05, 4.69) is 22.0 Å². The van der Waals surface area contributed by atoms with Crippen LogP contribution in [0.1, 0.15) is 42.8 Å². The quantitative estimate of drug-likeness (QED) is 0.896. The fraction of sp³-hybridized carbons (Fsp3) is 0.462. The van der Waals surface area contributed by atoms with Gasteiger partial charge >= 0.3 is 0 Å². The molecule has 2 N–H and O–H groups in total. The summed E-state index contributed by atoms with van der Waals surface area (Å²) in [6.45, 7) is 6.06. The zero-order chi connectivity index (χ0) is 13.1. The van der Waals surface area contributed by atoms with E-state index < -0.39 is 0 Å². The molecule has 0 fully saturated rings. The number of aromatic nitrogens is 3. The standard InChI is InChI=1S/C13H18N4O/c1-4-5-10(14)13-16-12(17-18-13)11-9(3)6-8(2)7-15-11/h6-7,10H,4-5,14H2,1-3H3/t10-/m1/s1. The third-order valence-electron chi connectivity index (χ3n) is 2.79. The first kappa shape index (κ1) is 12.7. The summed E-state index contributed by atoms with van der Waals surface area (Å²) >= 11 is 0. The Morgan fingerprint density at radius 2 is 2.17 bits per heavy atom. The summed E-state index contributed by atoms with van der Waals surface area (Å²) in [5.74, 6) is 0.989. The molecule has 0 aliphatic heterocycles. The molecule has 5 heteroatoms. The number of nitrogens with two attached hydrogens (primary N) is 1. The van der Waals surface area contributed by atoms with Crippen LogP contribution in [0.2, 0.25) is 0 Å². The molecule has 2 rings (SSSR count). The molecular weight excluding hydrogens is 228 g/mol. The molecule has 0 amide bonds. The van der Waals surface area contributed by atoms with Crippen molar-refractivity contribution in [2.45, 2.75) is 39.7 Å². The maximum absolute atomic E-state index is 5.94. The van der Waals surface area contributed by atoms with Crippen molar-refractivity contribution in [2.24, 2.45) is 5.73 Å². The normalized spacial score (nSPS) is 12.7. The Balaban J connectivity index is 2.29. The minimum Gasteiger partial charge on any atom is -0.337 e. The van der Waals surface area contributed by atoms with Gasteiger partial charge < -0.3 is 10.3 Å². The van der Waals surface area contributed by atoms with E-state index in [-0.39, 0.29) is 6.04 Å². The third kappa shape index (κ3) is 2.56. The minimum atomic E-state index is -0.193. The summed E-state index contributed by atoms with van der Waals surface area (Å²) in [7, 11) is 0. The van der Waals surface area contributed by atoms with Gasteiger partial charge in [0.05, 0.1) is 6.04 Å². The number of aryl methyl sites for hydroxylation is 2.